The first kappa shape index (κ1) is 14.8. The Morgan fingerprint density at radius 3 is 2.96 bits per heavy atom. The number of hydrogen-bond acceptors (Lipinski definition) is 2. The van der Waals surface area contributed by atoms with Crippen molar-refractivity contribution < 1.29 is 4.79 Å². The first-order chi connectivity index (χ1) is 11.2. The van der Waals surface area contributed by atoms with Crippen LogP contribution in [0.1, 0.15) is 23.3 Å². The number of fused-ring (bicyclic) bond motifs is 1. The minimum absolute atomic E-state index is 0.0805. The summed E-state index contributed by atoms with van der Waals surface area (Å²) in [4.78, 5) is 16.5. The maximum Gasteiger partial charge on any atom is 0.225 e. The zero-order valence-electron chi connectivity index (χ0n) is 12.6. The summed E-state index contributed by atoms with van der Waals surface area (Å²) < 4.78 is 0. The van der Waals surface area contributed by atoms with Gasteiger partial charge in [-0.3, -0.25) is 4.79 Å². The molecule has 1 aromatic carbocycles. The lowest BCUT2D eigenvalue weighted by molar-refractivity contribution is -0.120. The van der Waals surface area contributed by atoms with E-state index in [2.05, 4.69) is 22.6 Å². The van der Waals surface area contributed by atoms with Gasteiger partial charge in [0.2, 0.25) is 5.91 Å². The first-order valence-electron chi connectivity index (χ1n) is 7.72. The molecule has 0 atom stereocenters. The highest BCUT2D eigenvalue weighted by molar-refractivity contribution is 7.10. The fourth-order valence-corrected chi connectivity index (χ4v) is 4.01. The molecule has 2 N–H and O–H groups in total. The predicted molar refractivity (Wildman–Crippen MR) is 95.3 cm³/mol. The van der Waals surface area contributed by atoms with Crippen LogP contribution < -0.4 is 5.32 Å². The average molecular weight is 345 g/mol. The van der Waals surface area contributed by atoms with Crippen LogP contribution in [0.3, 0.4) is 0 Å². The second-order valence-corrected chi connectivity index (χ2v) is 7.67. The van der Waals surface area contributed by atoms with E-state index in [1.54, 1.807) is 11.3 Å². The number of carbonyl (C=O) groups is 1. The van der Waals surface area contributed by atoms with E-state index in [0.29, 0.717) is 13.0 Å². The summed E-state index contributed by atoms with van der Waals surface area (Å²) in [7, 11) is 0. The summed E-state index contributed by atoms with van der Waals surface area (Å²) in [6.07, 6.45) is 4.76. The van der Waals surface area contributed by atoms with Crippen LogP contribution in [0.15, 0.2) is 41.9 Å². The summed E-state index contributed by atoms with van der Waals surface area (Å²) in [5, 5.41) is 7.06. The van der Waals surface area contributed by atoms with Crippen LogP contribution in [-0.4, -0.2) is 17.4 Å². The van der Waals surface area contributed by atoms with Gasteiger partial charge in [0.25, 0.3) is 0 Å². The van der Waals surface area contributed by atoms with Gasteiger partial charge in [-0.25, -0.2) is 0 Å². The minimum atomic E-state index is 0.0805. The van der Waals surface area contributed by atoms with Gasteiger partial charge in [0.15, 0.2) is 0 Å². The third-order valence-corrected chi connectivity index (χ3v) is 5.72. The van der Waals surface area contributed by atoms with E-state index >= 15 is 0 Å². The van der Waals surface area contributed by atoms with Gasteiger partial charge in [-0.2, -0.15) is 0 Å². The van der Waals surface area contributed by atoms with Gasteiger partial charge in [0.05, 0.1) is 6.42 Å². The standard InChI is InChI=1S/C18H17ClN2OS/c19-12-3-4-14-15(10-20-16(14)8-12)18(5-6-18)11-21-17(22)9-13-2-1-7-23-13/h1-4,7-8,10,20H,5-6,9,11H2,(H,21,22). The molecule has 0 saturated heterocycles. The van der Waals surface area contributed by atoms with E-state index in [0.717, 1.165) is 28.3 Å². The largest absolute Gasteiger partial charge is 0.361 e. The lowest BCUT2D eigenvalue weighted by atomic mass is 9.95. The molecule has 23 heavy (non-hydrogen) atoms. The second-order valence-electron chi connectivity index (χ2n) is 6.21. The molecule has 118 valence electrons. The van der Waals surface area contributed by atoms with Crippen molar-refractivity contribution in [2.75, 3.05) is 6.54 Å². The second kappa shape index (κ2) is 5.69. The van der Waals surface area contributed by atoms with Gasteiger partial charge < -0.3 is 10.3 Å². The number of H-pyrrole nitrogens is 1. The molecule has 1 aliphatic carbocycles. The molecule has 0 spiro atoms. The summed E-state index contributed by atoms with van der Waals surface area (Å²) in [6.45, 7) is 0.701. The fourth-order valence-electron chi connectivity index (χ4n) is 3.13. The van der Waals surface area contributed by atoms with Gasteiger partial charge in [0.1, 0.15) is 0 Å². The number of thiophene rings is 1. The topological polar surface area (TPSA) is 44.9 Å². The van der Waals surface area contributed by atoms with E-state index in [1.165, 1.54) is 10.9 Å². The van der Waals surface area contributed by atoms with Crippen LogP contribution >= 0.6 is 22.9 Å². The molecule has 1 saturated carbocycles. The van der Waals surface area contributed by atoms with Crippen LogP contribution in [0.25, 0.3) is 10.9 Å². The van der Waals surface area contributed by atoms with Crippen molar-refractivity contribution in [3.05, 3.63) is 57.4 Å². The maximum atomic E-state index is 12.1. The van der Waals surface area contributed by atoms with Crippen molar-refractivity contribution >= 4 is 39.7 Å². The van der Waals surface area contributed by atoms with Crippen LogP contribution in [0.2, 0.25) is 5.02 Å². The highest BCUT2D eigenvalue weighted by Crippen LogP contribution is 2.50. The molecule has 3 aromatic rings. The number of nitrogens with one attached hydrogen (secondary N) is 2. The Balaban J connectivity index is 1.48. The summed E-state index contributed by atoms with van der Waals surface area (Å²) >= 11 is 7.68. The number of rotatable bonds is 5. The third-order valence-electron chi connectivity index (χ3n) is 4.61. The fraction of sp³-hybridized carbons (Fsp3) is 0.278. The number of amides is 1. The van der Waals surface area contributed by atoms with Crippen molar-refractivity contribution in [2.24, 2.45) is 0 Å². The summed E-state index contributed by atoms with van der Waals surface area (Å²) in [5.41, 5.74) is 2.43. The lowest BCUT2D eigenvalue weighted by Gasteiger charge is -2.15. The molecule has 0 radical (unpaired) electrons. The number of halogens is 1. The number of aromatic nitrogens is 1. The quantitative estimate of drug-likeness (QED) is 0.713. The Morgan fingerprint density at radius 1 is 1.35 bits per heavy atom. The Kier molecular flexibility index (Phi) is 3.66. The van der Waals surface area contributed by atoms with Crippen LogP contribution in [0.4, 0.5) is 0 Å². The Labute approximate surface area is 143 Å². The third kappa shape index (κ3) is 2.89. The van der Waals surface area contributed by atoms with Gasteiger partial charge in [-0.15, -0.1) is 11.3 Å². The molecule has 0 bridgehead atoms. The van der Waals surface area contributed by atoms with E-state index in [1.807, 2.05) is 29.6 Å². The number of carbonyl (C=O) groups excluding carboxylic acids is 1. The molecule has 1 aliphatic rings. The van der Waals surface area contributed by atoms with E-state index < -0.39 is 0 Å². The molecule has 5 heteroatoms. The molecule has 2 aromatic heterocycles. The molecule has 1 amide bonds. The Bertz CT molecular complexity index is 849. The molecule has 4 rings (SSSR count). The van der Waals surface area contributed by atoms with Gasteiger partial charge in [-0.05, 0) is 42.0 Å². The molecular formula is C18H17ClN2OS. The zero-order chi connectivity index (χ0) is 15.9. The predicted octanol–water partition coefficient (Wildman–Crippen LogP) is 4.27. The zero-order valence-corrected chi connectivity index (χ0v) is 14.1. The Hall–Kier alpha value is -1.78. The van der Waals surface area contributed by atoms with E-state index in [4.69, 9.17) is 11.6 Å². The van der Waals surface area contributed by atoms with Crippen molar-refractivity contribution in [1.29, 1.82) is 0 Å². The van der Waals surface area contributed by atoms with Crippen molar-refractivity contribution in [2.45, 2.75) is 24.7 Å². The van der Waals surface area contributed by atoms with Gasteiger partial charge in [-0.1, -0.05) is 23.7 Å². The average Bonchev–Trinajstić information content (AvgIpc) is 2.95. The molecule has 0 aliphatic heterocycles. The highest BCUT2D eigenvalue weighted by Gasteiger charge is 2.45. The molecule has 3 nitrogen and oxygen atoms in total. The summed E-state index contributed by atoms with van der Waals surface area (Å²) in [5.74, 6) is 0.0987. The van der Waals surface area contributed by atoms with Crippen LogP contribution in [-0.2, 0) is 16.6 Å². The van der Waals surface area contributed by atoms with Crippen LogP contribution in [0.5, 0.6) is 0 Å². The number of aromatic amines is 1. The molecular weight excluding hydrogens is 328 g/mol. The van der Waals surface area contributed by atoms with Crippen LogP contribution in [0, 0.1) is 0 Å². The Morgan fingerprint density at radius 2 is 2.22 bits per heavy atom. The monoisotopic (exact) mass is 344 g/mol. The van der Waals surface area contributed by atoms with E-state index in [-0.39, 0.29) is 11.3 Å². The summed E-state index contributed by atoms with van der Waals surface area (Å²) in [6, 6.07) is 9.92. The number of benzene rings is 1. The SMILES string of the molecule is O=C(Cc1cccs1)NCC1(c2c[nH]c3cc(Cl)ccc23)CC1. The smallest absolute Gasteiger partial charge is 0.225 e. The van der Waals surface area contributed by atoms with Crippen molar-refractivity contribution in [1.82, 2.24) is 10.3 Å². The molecule has 0 unspecified atom stereocenters. The maximum absolute atomic E-state index is 12.1. The van der Waals surface area contributed by atoms with Crippen molar-refractivity contribution in [3.63, 3.8) is 0 Å². The molecule has 1 fully saturated rings. The van der Waals surface area contributed by atoms with E-state index in [9.17, 15) is 4.79 Å². The minimum Gasteiger partial charge on any atom is -0.361 e. The molecule has 2 heterocycles. The number of hydrogen-bond donors (Lipinski definition) is 2. The van der Waals surface area contributed by atoms with Crippen molar-refractivity contribution in [3.8, 4) is 0 Å². The first-order valence-corrected chi connectivity index (χ1v) is 8.98. The highest BCUT2D eigenvalue weighted by atomic mass is 35.5. The van der Waals surface area contributed by atoms with Gasteiger partial charge in [0, 0.05) is 39.0 Å². The lowest BCUT2D eigenvalue weighted by Crippen LogP contribution is -2.33. The van der Waals surface area contributed by atoms with Gasteiger partial charge >= 0.3 is 0 Å². The normalized spacial score (nSPS) is 15.7.